The number of non-ortho nitro benzene ring substituents is 1. The molecule has 1 saturated heterocycles. The van der Waals surface area contributed by atoms with Gasteiger partial charge in [-0.05, 0) is 18.2 Å². The molecular weight excluding hydrogens is 290 g/mol. The van der Waals surface area contributed by atoms with E-state index in [1.807, 2.05) is 6.07 Å². The molecule has 0 spiro atoms. The van der Waals surface area contributed by atoms with Crippen molar-refractivity contribution in [2.45, 2.75) is 6.54 Å². The highest BCUT2D eigenvalue weighted by molar-refractivity contribution is 5.94. The van der Waals surface area contributed by atoms with Gasteiger partial charge in [0.05, 0.1) is 35.7 Å². The van der Waals surface area contributed by atoms with Crippen LogP contribution in [0.3, 0.4) is 0 Å². The molecule has 3 rings (SSSR count). The summed E-state index contributed by atoms with van der Waals surface area (Å²) in [6.07, 6.45) is 1.05. The van der Waals surface area contributed by atoms with Gasteiger partial charge in [0.25, 0.3) is 5.69 Å². The maximum atomic E-state index is 11.7. The van der Waals surface area contributed by atoms with Gasteiger partial charge >= 0.3 is 6.09 Å². The number of benzene rings is 1. The lowest BCUT2D eigenvalue weighted by atomic mass is 10.2. The van der Waals surface area contributed by atoms with E-state index in [1.54, 1.807) is 18.4 Å². The lowest BCUT2D eigenvalue weighted by molar-refractivity contribution is -0.384. The summed E-state index contributed by atoms with van der Waals surface area (Å²) in [7, 11) is 0. The first-order valence-corrected chi connectivity index (χ1v) is 6.64. The molecular formula is C14H13N3O5. The van der Waals surface area contributed by atoms with E-state index in [2.05, 4.69) is 5.32 Å². The first-order valence-electron chi connectivity index (χ1n) is 6.64. The third kappa shape index (κ3) is 2.71. The van der Waals surface area contributed by atoms with Gasteiger partial charge in [0.2, 0.25) is 0 Å². The Morgan fingerprint density at radius 3 is 2.86 bits per heavy atom. The zero-order valence-electron chi connectivity index (χ0n) is 11.5. The van der Waals surface area contributed by atoms with E-state index >= 15 is 0 Å². The van der Waals surface area contributed by atoms with E-state index < -0.39 is 11.0 Å². The molecule has 0 radical (unpaired) electrons. The van der Waals surface area contributed by atoms with E-state index in [4.69, 9.17) is 9.15 Å². The summed E-state index contributed by atoms with van der Waals surface area (Å²) in [5.41, 5.74) is 0.933. The predicted molar refractivity (Wildman–Crippen MR) is 77.8 cm³/mol. The van der Waals surface area contributed by atoms with Gasteiger partial charge in [-0.2, -0.15) is 0 Å². The largest absolute Gasteiger partial charge is 0.467 e. The van der Waals surface area contributed by atoms with Gasteiger partial charge in [-0.1, -0.05) is 0 Å². The van der Waals surface area contributed by atoms with E-state index in [-0.39, 0.29) is 12.3 Å². The molecule has 0 unspecified atom stereocenters. The normalized spacial score (nSPS) is 14.0. The first kappa shape index (κ1) is 13.9. The van der Waals surface area contributed by atoms with E-state index in [1.165, 1.54) is 17.0 Å². The number of cyclic esters (lactones) is 1. The average Bonchev–Trinajstić information content (AvgIpc) is 3.16. The summed E-state index contributed by atoms with van der Waals surface area (Å²) in [4.78, 5) is 23.5. The van der Waals surface area contributed by atoms with Gasteiger partial charge in [-0.25, -0.2) is 4.79 Å². The molecule has 0 atom stereocenters. The topological polar surface area (TPSA) is 97.8 Å². The zero-order chi connectivity index (χ0) is 15.5. The molecule has 2 heterocycles. The minimum absolute atomic E-state index is 0.0850. The van der Waals surface area contributed by atoms with Crippen molar-refractivity contribution in [3.05, 3.63) is 52.5 Å². The van der Waals surface area contributed by atoms with Crippen molar-refractivity contribution >= 4 is 23.2 Å². The maximum absolute atomic E-state index is 11.7. The smallest absolute Gasteiger partial charge is 0.414 e. The van der Waals surface area contributed by atoms with Crippen molar-refractivity contribution in [1.82, 2.24) is 0 Å². The second kappa shape index (κ2) is 5.76. The van der Waals surface area contributed by atoms with E-state index in [0.29, 0.717) is 30.2 Å². The number of nitrogens with zero attached hydrogens (tertiary/aromatic N) is 2. The molecule has 2 aromatic rings. The first-order chi connectivity index (χ1) is 10.6. The molecule has 1 aliphatic rings. The molecule has 22 heavy (non-hydrogen) atoms. The maximum Gasteiger partial charge on any atom is 0.414 e. The minimum Gasteiger partial charge on any atom is -0.467 e. The van der Waals surface area contributed by atoms with Gasteiger partial charge in [0.1, 0.15) is 12.4 Å². The Hall–Kier alpha value is -3.03. The Morgan fingerprint density at radius 2 is 2.23 bits per heavy atom. The van der Waals surface area contributed by atoms with Gasteiger partial charge in [0, 0.05) is 12.1 Å². The van der Waals surface area contributed by atoms with Gasteiger partial charge in [-0.15, -0.1) is 0 Å². The molecule has 1 fully saturated rings. The number of carbonyl (C=O) groups excluding carboxylic acids is 1. The van der Waals surface area contributed by atoms with Crippen molar-refractivity contribution in [1.29, 1.82) is 0 Å². The number of carbonyl (C=O) groups is 1. The lowest BCUT2D eigenvalue weighted by Crippen LogP contribution is -2.24. The van der Waals surface area contributed by atoms with Gasteiger partial charge in [0.15, 0.2) is 0 Å². The predicted octanol–water partition coefficient (Wildman–Crippen LogP) is 2.76. The minimum atomic E-state index is -0.512. The molecule has 1 N–H and O–H groups in total. The van der Waals surface area contributed by atoms with Crippen LogP contribution < -0.4 is 10.2 Å². The van der Waals surface area contributed by atoms with Crippen molar-refractivity contribution < 1.29 is 18.9 Å². The number of ether oxygens (including phenoxy) is 1. The summed E-state index contributed by atoms with van der Waals surface area (Å²) in [6.45, 7) is 1.02. The Morgan fingerprint density at radius 1 is 1.36 bits per heavy atom. The number of nitro benzene ring substituents is 1. The third-order valence-corrected chi connectivity index (χ3v) is 3.28. The summed E-state index contributed by atoms with van der Waals surface area (Å²) >= 11 is 0. The number of rotatable bonds is 5. The van der Waals surface area contributed by atoms with Crippen molar-refractivity contribution in [3.8, 4) is 0 Å². The molecule has 1 aromatic carbocycles. The second-order valence-electron chi connectivity index (χ2n) is 4.66. The van der Waals surface area contributed by atoms with Crippen LogP contribution >= 0.6 is 0 Å². The fraction of sp³-hybridized carbons (Fsp3) is 0.214. The molecule has 1 aliphatic heterocycles. The summed E-state index contributed by atoms with van der Waals surface area (Å²) in [6, 6.07) is 7.89. The van der Waals surface area contributed by atoms with Crippen LogP contribution in [-0.2, 0) is 11.3 Å². The van der Waals surface area contributed by atoms with Gasteiger partial charge in [-0.3, -0.25) is 15.0 Å². The Kier molecular flexibility index (Phi) is 3.65. The van der Waals surface area contributed by atoms with Crippen LogP contribution in [-0.4, -0.2) is 24.2 Å². The SMILES string of the molecule is O=C1OCCN1c1cc([N+](=O)[O-])ccc1NCc1ccco1. The van der Waals surface area contributed by atoms with Gasteiger partial charge < -0.3 is 14.5 Å². The van der Waals surface area contributed by atoms with Crippen LogP contribution in [0.25, 0.3) is 0 Å². The third-order valence-electron chi connectivity index (χ3n) is 3.28. The van der Waals surface area contributed by atoms with Crippen LogP contribution in [0.2, 0.25) is 0 Å². The Balaban J connectivity index is 1.90. The van der Waals surface area contributed by atoms with Crippen LogP contribution in [0.1, 0.15) is 5.76 Å². The summed E-state index contributed by atoms with van der Waals surface area (Å²) < 4.78 is 10.1. The molecule has 8 nitrogen and oxygen atoms in total. The molecule has 8 heteroatoms. The summed E-state index contributed by atoms with van der Waals surface area (Å²) in [5, 5.41) is 14.1. The highest BCUT2D eigenvalue weighted by Crippen LogP contribution is 2.32. The molecule has 114 valence electrons. The highest BCUT2D eigenvalue weighted by Gasteiger charge is 2.27. The fourth-order valence-corrected chi connectivity index (χ4v) is 2.21. The molecule has 1 aromatic heterocycles. The standard InChI is InChI=1S/C14H13N3O5/c18-14-16(5-7-22-14)13-8-10(17(19)20)3-4-12(13)15-9-11-2-1-6-21-11/h1-4,6,8,15H,5,7,9H2. The number of hydrogen-bond acceptors (Lipinski definition) is 6. The Bertz CT molecular complexity index is 699. The van der Waals surface area contributed by atoms with Crippen molar-refractivity contribution in [3.63, 3.8) is 0 Å². The fourth-order valence-electron chi connectivity index (χ4n) is 2.21. The lowest BCUT2D eigenvalue weighted by Gasteiger charge is -2.17. The van der Waals surface area contributed by atoms with Crippen molar-refractivity contribution in [2.75, 3.05) is 23.4 Å². The number of hydrogen-bond donors (Lipinski definition) is 1. The monoisotopic (exact) mass is 303 g/mol. The molecule has 0 saturated carbocycles. The average molecular weight is 303 g/mol. The molecule has 1 amide bonds. The van der Waals surface area contributed by atoms with Crippen LogP contribution in [0, 0.1) is 10.1 Å². The van der Waals surface area contributed by atoms with E-state index in [9.17, 15) is 14.9 Å². The quantitative estimate of drug-likeness (QED) is 0.673. The van der Waals surface area contributed by atoms with Crippen molar-refractivity contribution in [2.24, 2.45) is 0 Å². The Labute approximate surface area is 125 Å². The van der Waals surface area contributed by atoms with E-state index in [0.717, 1.165) is 0 Å². The number of furan rings is 1. The van der Waals surface area contributed by atoms with Crippen LogP contribution in [0.5, 0.6) is 0 Å². The molecule has 0 aliphatic carbocycles. The summed E-state index contributed by atoms with van der Waals surface area (Å²) in [5.74, 6) is 0.716. The molecule has 0 bridgehead atoms. The number of nitro groups is 1. The number of nitrogens with one attached hydrogen (secondary N) is 1. The number of amides is 1. The second-order valence-corrected chi connectivity index (χ2v) is 4.66. The van der Waals surface area contributed by atoms with Crippen LogP contribution in [0.4, 0.5) is 21.9 Å². The number of anilines is 2. The van der Waals surface area contributed by atoms with Crippen LogP contribution in [0.15, 0.2) is 41.0 Å². The zero-order valence-corrected chi connectivity index (χ0v) is 11.5. The highest BCUT2D eigenvalue weighted by atomic mass is 16.6.